The van der Waals surface area contributed by atoms with E-state index in [2.05, 4.69) is 5.32 Å². The molecule has 0 fully saturated rings. The Morgan fingerprint density at radius 1 is 1.40 bits per heavy atom. The van der Waals surface area contributed by atoms with Crippen LogP contribution in [0.2, 0.25) is 0 Å². The number of nitrogens with zero attached hydrogens (tertiary/aromatic N) is 1. The van der Waals surface area contributed by atoms with E-state index in [-0.39, 0.29) is 25.0 Å². The van der Waals surface area contributed by atoms with Gasteiger partial charge >= 0.3 is 5.97 Å². The lowest BCUT2D eigenvalue weighted by atomic mass is 10.3. The van der Waals surface area contributed by atoms with E-state index in [9.17, 15) is 14.4 Å². The minimum absolute atomic E-state index is 0.0610. The Morgan fingerprint density at radius 3 is 2.60 bits per heavy atom. The number of amides is 2. The molecule has 0 saturated heterocycles. The fourth-order valence-electron chi connectivity index (χ4n) is 1.46. The Hall–Kier alpha value is -1.89. The Morgan fingerprint density at radius 2 is 2.05 bits per heavy atom. The lowest BCUT2D eigenvalue weighted by molar-refractivity contribution is -0.131. The molecule has 7 heteroatoms. The third kappa shape index (κ3) is 4.34. The molecule has 0 atom stereocenters. The molecule has 1 aromatic heterocycles. The molecule has 0 aliphatic rings. The lowest BCUT2D eigenvalue weighted by Crippen LogP contribution is -2.33. The summed E-state index contributed by atoms with van der Waals surface area (Å²) in [7, 11) is 1.54. The summed E-state index contributed by atoms with van der Waals surface area (Å²) in [4.78, 5) is 36.8. The number of carbonyl (C=O) groups excluding carboxylic acids is 3. The van der Waals surface area contributed by atoms with E-state index in [4.69, 9.17) is 4.74 Å². The fourth-order valence-corrected chi connectivity index (χ4v) is 2.38. The highest BCUT2D eigenvalue weighted by Crippen LogP contribution is 2.28. The van der Waals surface area contributed by atoms with Gasteiger partial charge in [-0.05, 0) is 19.9 Å². The summed E-state index contributed by atoms with van der Waals surface area (Å²) >= 11 is 1.30. The second kappa shape index (κ2) is 7.04. The zero-order valence-electron chi connectivity index (χ0n) is 12.0. The number of ether oxygens (including phenoxy) is 1. The molecule has 1 N–H and O–H groups in total. The first-order valence-electron chi connectivity index (χ1n) is 6.14. The van der Waals surface area contributed by atoms with Gasteiger partial charge in [-0.15, -0.1) is 11.3 Å². The van der Waals surface area contributed by atoms with Gasteiger partial charge in [-0.25, -0.2) is 4.79 Å². The van der Waals surface area contributed by atoms with Crippen molar-refractivity contribution in [1.82, 2.24) is 4.90 Å². The van der Waals surface area contributed by atoms with E-state index < -0.39 is 5.97 Å². The molecule has 2 amide bonds. The molecule has 1 heterocycles. The van der Waals surface area contributed by atoms with Crippen LogP contribution in [-0.4, -0.2) is 42.9 Å². The van der Waals surface area contributed by atoms with Gasteiger partial charge in [0.1, 0.15) is 5.00 Å². The highest BCUT2D eigenvalue weighted by Gasteiger charge is 2.18. The molecule has 6 nitrogen and oxygen atoms in total. The zero-order chi connectivity index (χ0) is 15.3. The number of likely N-dealkylation sites (N-methyl/N-ethyl adjacent to an activating group) is 1. The molecule has 0 saturated carbocycles. The van der Waals surface area contributed by atoms with E-state index in [1.165, 1.54) is 30.2 Å². The largest absolute Gasteiger partial charge is 0.462 e. The molecule has 0 aromatic carbocycles. The van der Waals surface area contributed by atoms with Crippen LogP contribution in [0.15, 0.2) is 6.07 Å². The number of carbonyl (C=O) groups is 3. The van der Waals surface area contributed by atoms with E-state index in [0.717, 1.165) is 4.88 Å². The van der Waals surface area contributed by atoms with Gasteiger partial charge in [0, 0.05) is 18.8 Å². The first kappa shape index (κ1) is 16.2. The summed E-state index contributed by atoms with van der Waals surface area (Å²) < 4.78 is 4.93. The Bertz CT molecular complexity index is 524. The van der Waals surface area contributed by atoms with Crippen molar-refractivity contribution in [1.29, 1.82) is 0 Å². The molecule has 0 radical (unpaired) electrons. The van der Waals surface area contributed by atoms with Crippen molar-refractivity contribution in [2.45, 2.75) is 20.8 Å². The number of hydrogen-bond acceptors (Lipinski definition) is 5. The average molecular weight is 298 g/mol. The number of nitrogens with one attached hydrogen (secondary N) is 1. The number of aryl methyl sites for hydroxylation is 1. The SMILES string of the molecule is CCOC(=O)c1cc(C)sc1NC(=O)CN(C)C(C)=O. The molecule has 0 bridgehead atoms. The first-order chi connectivity index (χ1) is 9.35. The van der Waals surface area contributed by atoms with Crippen molar-refractivity contribution in [2.24, 2.45) is 0 Å². The predicted octanol–water partition coefficient (Wildman–Crippen LogP) is 1.65. The monoisotopic (exact) mass is 298 g/mol. The van der Waals surface area contributed by atoms with Gasteiger partial charge in [0.2, 0.25) is 11.8 Å². The highest BCUT2D eigenvalue weighted by atomic mass is 32.1. The number of anilines is 1. The van der Waals surface area contributed by atoms with E-state index in [1.807, 2.05) is 6.92 Å². The minimum atomic E-state index is -0.466. The van der Waals surface area contributed by atoms with Gasteiger partial charge < -0.3 is 15.0 Å². The molecule has 0 spiro atoms. The molecule has 1 aromatic rings. The summed E-state index contributed by atoms with van der Waals surface area (Å²) in [5.41, 5.74) is 0.341. The second-order valence-electron chi connectivity index (χ2n) is 4.24. The standard InChI is InChI=1S/C13H18N2O4S/c1-5-19-13(18)10-6-8(2)20-12(10)14-11(17)7-15(4)9(3)16/h6H,5,7H2,1-4H3,(H,14,17). The van der Waals surface area contributed by atoms with Gasteiger partial charge in [0.25, 0.3) is 0 Å². The van der Waals surface area contributed by atoms with Crippen LogP contribution < -0.4 is 5.32 Å². The maximum absolute atomic E-state index is 11.8. The molecule has 1 rings (SSSR count). The number of esters is 1. The van der Waals surface area contributed by atoms with Crippen LogP contribution in [0.1, 0.15) is 29.1 Å². The fraction of sp³-hybridized carbons (Fsp3) is 0.462. The lowest BCUT2D eigenvalue weighted by Gasteiger charge is -2.14. The van der Waals surface area contributed by atoms with Gasteiger partial charge in [-0.1, -0.05) is 0 Å². The summed E-state index contributed by atoms with van der Waals surface area (Å²) in [5, 5.41) is 3.09. The van der Waals surface area contributed by atoms with Crippen molar-refractivity contribution < 1.29 is 19.1 Å². The van der Waals surface area contributed by atoms with E-state index in [0.29, 0.717) is 10.6 Å². The quantitative estimate of drug-likeness (QED) is 0.839. The number of hydrogen-bond donors (Lipinski definition) is 1. The van der Waals surface area contributed by atoms with Crippen LogP contribution in [0.3, 0.4) is 0 Å². The Kier molecular flexibility index (Phi) is 5.69. The molecule has 20 heavy (non-hydrogen) atoms. The predicted molar refractivity (Wildman–Crippen MR) is 77.0 cm³/mol. The number of thiophene rings is 1. The molecule has 0 aliphatic carbocycles. The van der Waals surface area contributed by atoms with Crippen molar-refractivity contribution >= 4 is 34.1 Å². The van der Waals surface area contributed by atoms with Crippen molar-refractivity contribution in [3.8, 4) is 0 Å². The van der Waals surface area contributed by atoms with Gasteiger partial charge in [-0.3, -0.25) is 9.59 Å². The van der Waals surface area contributed by atoms with Gasteiger partial charge in [0.15, 0.2) is 0 Å². The Labute approximate surface area is 121 Å². The minimum Gasteiger partial charge on any atom is -0.462 e. The van der Waals surface area contributed by atoms with Crippen LogP contribution in [0.4, 0.5) is 5.00 Å². The molecular weight excluding hydrogens is 280 g/mol. The highest BCUT2D eigenvalue weighted by molar-refractivity contribution is 7.16. The number of rotatable bonds is 5. The molecule has 0 aliphatic heterocycles. The van der Waals surface area contributed by atoms with E-state index >= 15 is 0 Å². The van der Waals surface area contributed by atoms with Crippen LogP contribution in [0.25, 0.3) is 0 Å². The maximum atomic E-state index is 11.8. The zero-order valence-corrected chi connectivity index (χ0v) is 12.8. The maximum Gasteiger partial charge on any atom is 0.341 e. The van der Waals surface area contributed by atoms with Gasteiger partial charge in [-0.2, -0.15) is 0 Å². The smallest absolute Gasteiger partial charge is 0.341 e. The molecule has 0 unspecified atom stereocenters. The van der Waals surface area contributed by atoms with E-state index in [1.54, 1.807) is 13.0 Å². The molecular formula is C13H18N2O4S. The summed E-state index contributed by atoms with van der Waals surface area (Å²) in [6.45, 7) is 5.15. The van der Waals surface area contributed by atoms with Crippen molar-refractivity contribution in [2.75, 3.05) is 25.5 Å². The first-order valence-corrected chi connectivity index (χ1v) is 6.95. The topological polar surface area (TPSA) is 75.7 Å². The second-order valence-corrected chi connectivity index (χ2v) is 5.50. The van der Waals surface area contributed by atoms with Crippen LogP contribution in [0.5, 0.6) is 0 Å². The van der Waals surface area contributed by atoms with Crippen LogP contribution >= 0.6 is 11.3 Å². The summed E-state index contributed by atoms with van der Waals surface area (Å²) in [5.74, 6) is -1.02. The van der Waals surface area contributed by atoms with Gasteiger partial charge in [0.05, 0.1) is 18.7 Å². The third-order valence-corrected chi connectivity index (χ3v) is 3.49. The van der Waals surface area contributed by atoms with Crippen molar-refractivity contribution in [3.05, 3.63) is 16.5 Å². The Balaban J connectivity index is 2.79. The third-order valence-electron chi connectivity index (χ3n) is 2.52. The summed E-state index contributed by atoms with van der Waals surface area (Å²) in [6, 6.07) is 1.67. The van der Waals surface area contributed by atoms with Crippen LogP contribution in [-0.2, 0) is 14.3 Å². The van der Waals surface area contributed by atoms with Crippen molar-refractivity contribution in [3.63, 3.8) is 0 Å². The van der Waals surface area contributed by atoms with Crippen LogP contribution in [0, 0.1) is 6.92 Å². The average Bonchev–Trinajstić information content (AvgIpc) is 2.70. The normalized spacial score (nSPS) is 10.0. The summed E-state index contributed by atoms with van der Waals surface area (Å²) in [6.07, 6.45) is 0. The molecule has 110 valence electrons.